The molecule has 30 heavy (non-hydrogen) atoms. The molecule has 0 aliphatic carbocycles. The van der Waals surface area contributed by atoms with Crippen LogP contribution in [-0.4, -0.2) is 42.1 Å². The van der Waals surface area contributed by atoms with E-state index in [0.717, 1.165) is 16.8 Å². The van der Waals surface area contributed by atoms with Gasteiger partial charge in [-0.2, -0.15) is 0 Å². The highest BCUT2D eigenvalue weighted by molar-refractivity contribution is 6.30. The molecule has 1 saturated heterocycles. The number of ether oxygens (including phenoxy) is 1. The second-order valence-corrected chi connectivity index (χ2v) is 7.52. The van der Waals surface area contributed by atoms with Gasteiger partial charge in [0, 0.05) is 47.7 Å². The minimum atomic E-state index is -0.152. The molecule has 2 heterocycles. The number of benzene rings is 2. The summed E-state index contributed by atoms with van der Waals surface area (Å²) in [6, 6.07) is 16.6. The molecule has 1 amide bonds. The summed E-state index contributed by atoms with van der Waals surface area (Å²) in [6.45, 7) is 2.67. The van der Waals surface area contributed by atoms with Crippen LogP contribution in [0.5, 0.6) is 0 Å². The molecule has 3 aromatic rings. The van der Waals surface area contributed by atoms with Crippen LogP contribution in [-0.2, 0) is 11.3 Å². The van der Waals surface area contributed by atoms with E-state index in [1.165, 1.54) is 0 Å². The van der Waals surface area contributed by atoms with Crippen LogP contribution in [0, 0.1) is 0 Å². The second kappa shape index (κ2) is 9.15. The standard InChI is InChI=1S/C23H22ClN3O3/c24-20-6-4-16(5-7-20)18-12-19(22(28)26-14-18)15-25-21-3-1-2-17(13-21)23(29)27-8-10-30-11-9-27/h1-7,12-14,25H,8-11,15H2,(H,26,28). The number of rotatable bonds is 5. The Morgan fingerprint density at radius 1 is 1.07 bits per heavy atom. The number of carbonyl (C=O) groups excluding carboxylic acids is 1. The Bertz CT molecular complexity index is 1090. The maximum atomic E-state index is 12.7. The zero-order valence-corrected chi connectivity index (χ0v) is 17.1. The number of carbonyl (C=O) groups is 1. The fraction of sp³-hybridized carbons (Fsp3) is 0.217. The Hall–Kier alpha value is -3.09. The molecular weight excluding hydrogens is 402 g/mol. The van der Waals surface area contributed by atoms with Crippen molar-refractivity contribution in [2.75, 3.05) is 31.6 Å². The second-order valence-electron chi connectivity index (χ2n) is 7.09. The lowest BCUT2D eigenvalue weighted by Crippen LogP contribution is -2.40. The normalized spacial score (nSPS) is 13.8. The van der Waals surface area contributed by atoms with Crippen molar-refractivity contribution >= 4 is 23.2 Å². The summed E-state index contributed by atoms with van der Waals surface area (Å²) >= 11 is 5.96. The van der Waals surface area contributed by atoms with Gasteiger partial charge in [0.05, 0.1) is 13.2 Å². The predicted molar refractivity (Wildman–Crippen MR) is 118 cm³/mol. The van der Waals surface area contributed by atoms with Gasteiger partial charge in [-0.05, 0) is 47.5 Å². The first-order valence-electron chi connectivity index (χ1n) is 9.79. The number of hydrogen-bond donors (Lipinski definition) is 2. The molecule has 0 saturated carbocycles. The first kappa shape index (κ1) is 20.2. The maximum Gasteiger partial charge on any atom is 0.254 e. The first-order chi connectivity index (χ1) is 14.6. The minimum Gasteiger partial charge on any atom is -0.381 e. The molecule has 6 nitrogen and oxygen atoms in total. The molecule has 2 aromatic carbocycles. The third-order valence-corrected chi connectivity index (χ3v) is 5.30. The Balaban J connectivity index is 1.48. The van der Waals surface area contributed by atoms with Crippen LogP contribution in [0.25, 0.3) is 11.1 Å². The summed E-state index contributed by atoms with van der Waals surface area (Å²) in [5.74, 6) is -0.00969. The molecule has 2 N–H and O–H groups in total. The lowest BCUT2D eigenvalue weighted by molar-refractivity contribution is 0.0303. The van der Waals surface area contributed by atoms with Crippen molar-refractivity contribution in [3.8, 4) is 11.1 Å². The fourth-order valence-electron chi connectivity index (χ4n) is 3.38. The van der Waals surface area contributed by atoms with Crippen LogP contribution in [0.4, 0.5) is 5.69 Å². The maximum absolute atomic E-state index is 12.7. The largest absolute Gasteiger partial charge is 0.381 e. The van der Waals surface area contributed by atoms with Gasteiger partial charge in [0.2, 0.25) is 0 Å². The van der Waals surface area contributed by atoms with Gasteiger partial charge < -0.3 is 19.9 Å². The molecule has 0 bridgehead atoms. The number of hydrogen-bond acceptors (Lipinski definition) is 4. The van der Waals surface area contributed by atoms with Gasteiger partial charge in [-0.3, -0.25) is 9.59 Å². The van der Waals surface area contributed by atoms with Crippen LogP contribution in [0.1, 0.15) is 15.9 Å². The van der Waals surface area contributed by atoms with Crippen LogP contribution in [0.15, 0.2) is 65.6 Å². The van der Waals surface area contributed by atoms with Crippen molar-refractivity contribution in [2.24, 2.45) is 0 Å². The Kier molecular flexibility index (Phi) is 6.16. The lowest BCUT2D eigenvalue weighted by atomic mass is 10.1. The molecule has 1 aliphatic rings. The Labute approximate surface area is 179 Å². The number of nitrogens with one attached hydrogen (secondary N) is 2. The van der Waals surface area contributed by atoms with Gasteiger partial charge in [-0.15, -0.1) is 0 Å². The molecule has 0 radical (unpaired) electrons. The highest BCUT2D eigenvalue weighted by Gasteiger charge is 2.18. The Morgan fingerprint density at radius 2 is 1.83 bits per heavy atom. The van der Waals surface area contributed by atoms with E-state index < -0.39 is 0 Å². The molecule has 1 fully saturated rings. The van der Waals surface area contributed by atoms with Gasteiger partial charge in [0.25, 0.3) is 11.5 Å². The van der Waals surface area contributed by atoms with E-state index >= 15 is 0 Å². The van der Waals surface area contributed by atoms with Crippen molar-refractivity contribution in [3.63, 3.8) is 0 Å². The number of nitrogens with zero attached hydrogens (tertiary/aromatic N) is 1. The van der Waals surface area contributed by atoms with Crippen molar-refractivity contribution < 1.29 is 9.53 Å². The SMILES string of the molecule is O=C(c1cccc(NCc2cc(-c3ccc(Cl)cc3)c[nH]c2=O)c1)N1CCOCC1. The lowest BCUT2D eigenvalue weighted by Gasteiger charge is -2.27. The van der Waals surface area contributed by atoms with Crippen molar-refractivity contribution in [3.05, 3.63) is 87.3 Å². The third kappa shape index (κ3) is 4.72. The van der Waals surface area contributed by atoms with Crippen molar-refractivity contribution in [1.29, 1.82) is 0 Å². The van der Waals surface area contributed by atoms with Gasteiger partial charge in [0.15, 0.2) is 0 Å². The van der Waals surface area contributed by atoms with E-state index in [4.69, 9.17) is 16.3 Å². The average molecular weight is 424 g/mol. The van der Waals surface area contributed by atoms with Gasteiger partial charge >= 0.3 is 0 Å². The molecule has 1 aromatic heterocycles. The number of pyridine rings is 1. The molecular formula is C23H22ClN3O3. The number of amides is 1. The topological polar surface area (TPSA) is 74.4 Å². The molecule has 4 rings (SSSR count). The summed E-state index contributed by atoms with van der Waals surface area (Å²) in [6.07, 6.45) is 1.69. The number of halogens is 1. The van der Waals surface area contributed by atoms with E-state index in [0.29, 0.717) is 49.0 Å². The summed E-state index contributed by atoms with van der Waals surface area (Å²) in [4.78, 5) is 29.5. The highest BCUT2D eigenvalue weighted by Crippen LogP contribution is 2.21. The van der Waals surface area contributed by atoms with Crippen LogP contribution >= 0.6 is 11.6 Å². The minimum absolute atomic E-state index is 0.00969. The van der Waals surface area contributed by atoms with Gasteiger partial charge in [-0.1, -0.05) is 29.8 Å². The van der Waals surface area contributed by atoms with Crippen molar-refractivity contribution in [2.45, 2.75) is 6.54 Å². The van der Waals surface area contributed by atoms with E-state index in [2.05, 4.69) is 10.3 Å². The summed E-state index contributed by atoms with van der Waals surface area (Å²) < 4.78 is 5.31. The molecule has 0 unspecified atom stereocenters. The van der Waals surface area contributed by atoms with E-state index in [-0.39, 0.29) is 11.5 Å². The summed E-state index contributed by atoms with van der Waals surface area (Å²) in [5, 5.41) is 3.91. The van der Waals surface area contributed by atoms with E-state index in [9.17, 15) is 9.59 Å². The third-order valence-electron chi connectivity index (χ3n) is 5.05. The zero-order valence-electron chi connectivity index (χ0n) is 16.4. The van der Waals surface area contributed by atoms with Crippen LogP contribution in [0.2, 0.25) is 5.02 Å². The first-order valence-corrected chi connectivity index (χ1v) is 10.2. The smallest absolute Gasteiger partial charge is 0.254 e. The van der Waals surface area contributed by atoms with Crippen LogP contribution < -0.4 is 10.9 Å². The van der Waals surface area contributed by atoms with Gasteiger partial charge in [-0.25, -0.2) is 0 Å². The summed E-state index contributed by atoms with van der Waals surface area (Å²) in [5.41, 5.74) is 3.72. The summed E-state index contributed by atoms with van der Waals surface area (Å²) in [7, 11) is 0. The molecule has 7 heteroatoms. The number of aromatic amines is 1. The number of H-pyrrole nitrogens is 1. The van der Waals surface area contributed by atoms with E-state index in [1.54, 1.807) is 17.2 Å². The van der Waals surface area contributed by atoms with Crippen molar-refractivity contribution in [1.82, 2.24) is 9.88 Å². The molecule has 154 valence electrons. The molecule has 0 spiro atoms. The number of anilines is 1. The monoisotopic (exact) mass is 423 g/mol. The number of morpholine rings is 1. The van der Waals surface area contributed by atoms with Crippen LogP contribution in [0.3, 0.4) is 0 Å². The highest BCUT2D eigenvalue weighted by atomic mass is 35.5. The van der Waals surface area contributed by atoms with E-state index in [1.807, 2.05) is 48.5 Å². The zero-order chi connectivity index (χ0) is 20.9. The average Bonchev–Trinajstić information content (AvgIpc) is 2.79. The predicted octanol–water partition coefficient (Wildman–Crippen LogP) is 3.78. The molecule has 0 atom stereocenters. The Morgan fingerprint density at radius 3 is 2.60 bits per heavy atom. The molecule has 1 aliphatic heterocycles. The number of aromatic nitrogens is 1. The quantitative estimate of drug-likeness (QED) is 0.655. The fourth-order valence-corrected chi connectivity index (χ4v) is 3.51. The van der Waals surface area contributed by atoms with Gasteiger partial charge in [0.1, 0.15) is 0 Å².